The van der Waals surface area contributed by atoms with Crippen molar-refractivity contribution < 1.29 is 27.5 Å². The maximum Gasteiger partial charge on any atom is 0.408 e. The molecule has 0 bridgehead atoms. The summed E-state index contributed by atoms with van der Waals surface area (Å²) >= 11 is 1.29. The third kappa shape index (κ3) is 8.00. The number of hydrogen-bond acceptors (Lipinski definition) is 7. The van der Waals surface area contributed by atoms with E-state index in [0.29, 0.717) is 23.2 Å². The lowest BCUT2D eigenvalue weighted by molar-refractivity contribution is -0.119. The van der Waals surface area contributed by atoms with E-state index in [2.05, 4.69) is 17.2 Å². The molecule has 1 N–H and O–H groups in total. The minimum atomic E-state index is -3.22. The molecule has 2 aliphatic rings. The van der Waals surface area contributed by atoms with Crippen molar-refractivity contribution in [3.63, 3.8) is 0 Å². The molecule has 216 valence electrons. The van der Waals surface area contributed by atoms with Gasteiger partial charge in [-0.05, 0) is 44.9 Å². The highest BCUT2D eigenvalue weighted by molar-refractivity contribution is 8.16. The van der Waals surface area contributed by atoms with Gasteiger partial charge in [0, 0.05) is 23.4 Å². The van der Waals surface area contributed by atoms with Gasteiger partial charge in [0.1, 0.15) is 17.4 Å². The average Bonchev–Trinajstić information content (AvgIpc) is 3.34. The number of fused-ring (bicyclic) bond motifs is 1. The normalized spacial score (nSPS) is 21.6. The minimum Gasteiger partial charge on any atom is -0.494 e. The molecular formula is C29H37N3O6S2. The number of carbonyl (C=O) groups excluding carboxylic acids is 2. The van der Waals surface area contributed by atoms with Crippen molar-refractivity contribution in [3.8, 4) is 5.75 Å². The number of alkyl carbamates (subject to hydrolysis) is 1. The number of carbonyl (C=O) groups is 2. The molecule has 2 fully saturated rings. The van der Waals surface area contributed by atoms with Crippen LogP contribution >= 0.6 is 11.8 Å². The standard InChI is InChI=1S/C29H37N3O6S2/c1-5-6-15-37-22-14-10-13-21(17-22)32-24-18-40(35,36)19-25(24)39-27(32)31-26(33)23(16-20-11-8-7-9-12-20)30-28(34)38-29(2,3)4/h7-14,17,23-25H,5-6,15-16,18-19H2,1-4H3,(H,30,34)/t23-,24+,25+/m1/s1. The second-order valence-electron chi connectivity index (χ2n) is 11.0. The van der Waals surface area contributed by atoms with Gasteiger partial charge in [0.15, 0.2) is 15.0 Å². The van der Waals surface area contributed by atoms with Crippen molar-refractivity contribution in [1.29, 1.82) is 0 Å². The summed E-state index contributed by atoms with van der Waals surface area (Å²) in [6.45, 7) is 7.92. The average molecular weight is 588 g/mol. The molecule has 0 spiro atoms. The van der Waals surface area contributed by atoms with Gasteiger partial charge in [0.2, 0.25) is 0 Å². The summed E-state index contributed by atoms with van der Waals surface area (Å²) in [5.41, 5.74) is 0.826. The van der Waals surface area contributed by atoms with Crippen LogP contribution in [0.25, 0.3) is 0 Å². The number of nitrogens with zero attached hydrogens (tertiary/aromatic N) is 2. The Bertz CT molecular complexity index is 1340. The molecule has 9 nitrogen and oxygen atoms in total. The van der Waals surface area contributed by atoms with Gasteiger partial charge in [-0.15, -0.1) is 0 Å². The summed E-state index contributed by atoms with van der Waals surface area (Å²) in [5.74, 6) is 0.116. The Balaban J connectivity index is 1.64. The first kappa shape index (κ1) is 29.9. The van der Waals surface area contributed by atoms with Gasteiger partial charge >= 0.3 is 6.09 Å². The van der Waals surface area contributed by atoms with Crippen molar-refractivity contribution in [2.45, 2.75) is 69.9 Å². The molecule has 11 heteroatoms. The molecule has 4 rings (SSSR count). The fourth-order valence-electron chi connectivity index (χ4n) is 4.60. The van der Waals surface area contributed by atoms with E-state index in [1.807, 2.05) is 59.5 Å². The molecule has 2 heterocycles. The van der Waals surface area contributed by atoms with E-state index in [4.69, 9.17) is 9.47 Å². The van der Waals surface area contributed by atoms with Crippen LogP contribution in [0.15, 0.2) is 59.6 Å². The van der Waals surface area contributed by atoms with Crippen molar-refractivity contribution in [1.82, 2.24) is 5.32 Å². The maximum absolute atomic E-state index is 13.6. The molecule has 2 saturated heterocycles. The van der Waals surface area contributed by atoms with Gasteiger partial charge in [0.05, 0.1) is 24.2 Å². The van der Waals surface area contributed by atoms with Gasteiger partial charge in [-0.2, -0.15) is 4.99 Å². The summed E-state index contributed by atoms with van der Waals surface area (Å²) < 4.78 is 36.3. The summed E-state index contributed by atoms with van der Waals surface area (Å²) in [4.78, 5) is 32.6. The Labute approximate surface area is 240 Å². The zero-order valence-corrected chi connectivity index (χ0v) is 25.0. The van der Waals surface area contributed by atoms with Crippen LogP contribution in [-0.2, 0) is 25.8 Å². The van der Waals surface area contributed by atoms with Gasteiger partial charge in [0.25, 0.3) is 5.91 Å². The van der Waals surface area contributed by atoms with E-state index in [9.17, 15) is 18.0 Å². The predicted molar refractivity (Wildman–Crippen MR) is 159 cm³/mol. The quantitative estimate of drug-likeness (QED) is 0.424. The highest BCUT2D eigenvalue weighted by atomic mass is 32.2. The zero-order valence-electron chi connectivity index (χ0n) is 23.3. The zero-order chi connectivity index (χ0) is 28.9. The molecule has 0 aliphatic carbocycles. The number of amidine groups is 1. The first-order chi connectivity index (χ1) is 18.9. The summed E-state index contributed by atoms with van der Waals surface area (Å²) in [5, 5.41) is 2.84. The molecule has 0 radical (unpaired) electrons. The molecule has 2 aromatic rings. The van der Waals surface area contributed by atoms with Crippen LogP contribution in [0.5, 0.6) is 5.75 Å². The topological polar surface area (TPSA) is 114 Å². The molecule has 0 aromatic heterocycles. The molecule has 0 saturated carbocycles. The van der Waals surface area contributed by atoms with Crippen LogP contribution in [0, 0.1) is 0 Å². The van der Waals surface area contributed by atoms with Crippen LogP contribution in [0.3, 0.4) is 0 Å². The Hall–Kier alpha value is -3.05. The number of amides is 2. The highest BCUT2D eigenvalue weighted by Crippen LogP contribution is 2.41. The lowest BCUT2D eigenvalue weighted by atomic mass is 10.1. The van der Waals surface area contributed by atoms with E-state index in [1.54, 1.807) is 20.8 Å². The lowest BCUT2D eigenvalue weighted by Crippen LogP contribution is -2.45. The molecule has 0 unspecified atom stereocenters. The number of hydrogen-bond donors (Lipinski definition) is 1. The monoisotopic (exact) mass is 587 g/mol. The summed E-state index contributed by atoms with van der Waals surface area (Å²) in [6.07, 6.45) is 1.44. The summed E-state index contributed by atoms with van der Waals surface area (Å²) in [6, 6.07) is 15.4. The molecule has 2 amide bonds. The Morgan fingerprint density at radius 1 is 1.12 bits per heavy atom. The number of ether oxygens (including phenoxy) is 2. The van der Waals surface area contributed by atoms with Gasteiger partial charge < -0.3 is 19.7 Å². The number of nitrogens with one attached hydrogen (secondary N) is 1. The molecular weight excluding hydrogens is 550 g/mol. The molecule has 2 aliphatic heterocycles. The van der Waals surface area contributed by atoms with E-state index in [-0.39, 0.29) is 29.2 Å². The number of benzene rings is 2. The number of sulfone groups is 1. The second kappa shape index (κ2) is 12.6. The first-order valence-corrected chi connectivity index (χ1v) is 16.2. The van der Waals surface area contributed by atoms with Crippen LogP contribution in [0.1, 0.15) is 46.1 Å². The van der Waals surface area contributed by atoms with E-state index >= 15 is 0 Å². The Morgan fingerprint density at radius 2 is 1.88 bits per heavy atom. The van der Waals surface area contributed by atoms with Gasteiger partial charge in [-0.1, -0.05) is 61.5 Å². The largest absolute Gasteiger partial charge is 0.494 e. The summed E-state index contributed by atoms with van der Waals surface area (Å²) in [7, 11) is -3.22. The fraction of sp³-hybridized carbons (Fsp3) is 0.483. The van der Waals surface area contributed by atoms with Crippen LogP contribution < -0.4 is 15.0 Å². The second-order valence-corrected chi connectivity index (χ2v) is 14.4. The Kier molecular flexibility index (Phi) is 9.45. The van der Waals surface area contributed by atoms with Crippen molar-refractivity contribution in [3.05, 3.63) is 60.2 Å². The van der Waals surface area contributed by atoms with Gasteiger partial charge in [-0.3, -0.25) is 4.79 Å². The van der Waals surface area contributed by atoms with Gasteiger partial charge in [-0.25, -0.2) is 13.2 Å². The van der Waals surface area contributed by atoms with E-state index in [0.717, 1.165) is 18.4 Å². The van der Waals surface area contributed by atoms with Crippen molar-refractivity contribution in [2.24, 2.45) is 4.99 Å². The molecule has 2 aromatic carbocycles. The lowest BCUT2D eigenvalue weighted by Gasteiger charge is -2.26. The van der Waals surface area contributed by atoms with E-state index < -0.39 is 33.5 Å². The Morgan fingerprint density at radius 3 is 2.58 bits per heavy atom. The number of anilines is 1. The fourth-order valence-corrected chi connectivity index (χ4v) is 8.52. The smallest absolute Gasteiger partial charge is 0.408 e. The maximum atomic E-state index is 13.6. The number of thioether (sulfide) groups is 1. The third-order valence-electron chi connectivity index (χ3n) is 6.41. The molecule has 3 atom stereocenters. The highest BCUT2D eigenvalue weighted by Gasteiger charge is 2.49. The third-order valence-corrected chi connectivity index (χ3v) is 9.62. The molecule has 40 heavy (non-hydrogen) atoms. The predicted octanol–water partition coefficient (Wildman–Crippen LogP) is 4.60. The van der Waals surface area contributed by atoms with Crippen LogP contribution in [0.4, 0.5) is 10.5 Å². The SMILES string of the molecule is CCCCOc1cccc(N2C(=NC(=O)[C@@H](Cc3ccccc3)NC(=O)OC(C)(C)C)S[C@H]3CS(=O)(=O)C[C@@H]32)c1. The minimum absolute atomic E-state index is 0.0162. The number of unbranched alkanes of at least 4 members (excludes halogenated alkanes) is 1. The first-order valence-electron chi connectivity index (χ1n) is 13.5. The number of aliphatic imine (C=N–C) groups is 1. The van der Waals surface area contributed by atoms with Crippen LogP contribution in [0.2, 0.25) is 0 Å². The van der Waals surface area contributed by atoms with E-state index in [1.165, 1.54) is 11.8 Å². The number of rotatable bonds is 9. The van der Waals surface area contributed by atoms with Crippen molar-refractivity contribution in [2.75, 3.05) is 23.0 Å². The van der Waals surface area contributed by atoms with Crippen molar-refractivity contribution >= 4 is 44.5 Å². The van der Waals surface area contributed by atoms with Crippen LogP contribution in [-0.4, -0.2) is 66.6 Å².